The van der Waals surface area contributed by atoms with Gasteiger partial charge < -0.3 is 10.6 Å². The highest BCUT2D eigenvalue weighted by atomic mass is 35.5. The Morgan fingerprint density at radius 1 is 1.41 bits per heavy atom. The molecule has 5 heteroatoms. The second kappa shape index (κ2) is 7.71. The van der Waals surface area contributed by atoms with Crippen LogP contribution >= 0.6 is 24.2 Å². The number of carbonyl (C=O) groups excluding carboxylic acids is 1. The van der Waals surface area contributed by atoms with Crippen molar-refractivity contribution in [2.75, 3.05) is 24.2 Å². The van der Waals surface area contributed by atoms with Crippen molar-refractivity contribution in [3.8, 4) is 0 Å². The summed E-state index contributed by atoms with van der Waals surface area (Å²) in [6.45, 7) is 4.29. The summed E-state index contributed by atoms with van der Waals surface area (Å²) in [5, 5.41) is 6.51. The number of benzene rings is 1. The Morgan fingerprint density at radius 2 is 2.18 bits per heavy atom. The molecule has 1 heterocycles. The Hall–Kier alpha value is -0.710. The van der Waals surface area contributed by atoms with E-state index in [4.69, 9.17) is 0 Å². The van der Waals surface area contributed by atoms with Crippen LogP contribution in [0.2, 0.25) is 0 Å². The minimum atomic E-state index is 0. The van der Waals surface area contributed by atoms with Gasteiger partial charge in [0.2, 0.25) is 5.91 Å². The summed E-state index contributed by atoms with van der Waals surface area (Å²) in [7, 11) is 0. The SMILES string of the molecule is CCSCc1cccc(NC(=O)C2CC23CCNCC3)c1.Cl. The molecule has 122 valence electrons. The molecule has 1 aromatic rings. The number of rotatable bonds is 5. The second-order valence-corrected chi connectivity index (χ2v) is 7.47. The first-order chi connectivity index (χ1) is 10.2. The topological polar surface area (TPSA) is 41.1 Å². The van der Waals surface area contributed by atoms with E-state index in [-0.39, 0.29) is 24.2 Å². The van der Waals surface area contributed by atoms with E-state index in [1.165, 1.54) is 5.56 Å². The third kappa shape index (κ3) is 3.98. The minimum Gasteiger partial charge on any atom is -0.326 e. The maximum Gasteiger partial charge on any atom is 0.228 e. The van der Waals surface area contributed by atoms with Crippen molar-refractivity contribution in [1.29, 1.82) is 0 Å². The second-order valence-electron chi connectivity index (χ2n) is 6.20. The maximum atomic E-state index is 12.4. The van der Waals surface area contributed by atoms with Crippen molar-refractivity contribution in [2.45, 2.75) is 31.9 Å². The lowest BCUT2D eigenvalue weighted by Gasteiger charge is -2.23. The zero-order valence-electron chi connectivity index (χ0n) is 13.1. The van der Waals surface area contributed by atoms with Gasteiger partial charge in [-0.2, -0.15) is 11.8 Å². The van der Waals surface area contributed by atoms with Gasteiger partial charge in [-0.05, 0) is 61.2 Å². The first kappa shape index (κ1) is 17.6. The fourth-order valence-electron chi connectivity index (χ4n) is 3.38. The molecular weight excluding hydrogens is 316 g/mol. The smallest absolute Gasteiger partial charge is 0.228 e. The van der Waals surface area contributed by atoms with E-state index in [0.29, 0.717) is 5.41 Å². The summed E-state index contributed by atoms with van der Waals surface area (Å²) < 4.78 is 0. The molecule has 1 aliphatic heterocycles. The van der Waals surface area contributed by atoms with E-state index in [1.54, 1.807) is 0 Å². The average Bonchev–Trinajstić information content (AvgIpc) is 3.20. The highest BCUT2D eigenvalue weighted by molar-refractivity contribution is 7.98. The zero-order valence-corrected chi connectivity index (χ0v) is 14.7. The van der Waals surface area contributed by atoms with E-state index in [1.807, 2.05) is 23.9 Å². The molecule has 3 rings (SSSR count). The number of hydrogen-bond donors (Lipinski definition) is 2. The summed E-state index contributed by atoms with van der Waals surface area (Å²) in [4.78, 5) is 12.4. The molecule has 1 amide bonds. The van der Waals surface area contributed by atoms with Crippen LogP contribution in [0.25, 0.3) is 0 Å². The molecule has 3 nitrogen and oxygen atoms in total. The number of halogens is 1. The quantitative estimate of drug-likeness (QED) is 0.859. The van der Waals surface area contributed by atoms with E-state index in [2.05, 4.69) is 29.7 Å². The van der Waals surface area contributed by atoms with Crippen LogP contribution in [0.1, 0.15) is 31.7 Å². The predicted octanol–water partition coefficient (Wildman–Crippen LogP) is 3.69. The normalized spacial score (nSPS) is 22.0. The Kier molecular flexibility index (Phi) is 6.18. The first-order valence-corrected chi connectivity index (χ1v) is 9.07. The summed E-state index contributed by atoms with van der Waals surface area (Å²) in [5.74, 6) is 2.58. The van der Waals surface area contributed by atoms with Crippen molar-refractivity contribution >= 4 is 35.8 Å². The van der Waals surface area contributed by atoms with Crippen molar-refractivity contribution in [3.05, 3.63) is 29.8 Å². The van der Waals surface area contributed by atoms with Gasteiger partial charge >= 0.3 is 0 Å². The van der Waals surface area contributed by atoms with Crippen molar-refractivity contribution in [2.24, 2.45) is 11.3 Å². The Balaban J connectivity index is 0.00000176. The zero-order chi connectivity index (χ0) is 14.7. The number of thioether (sulfide) groups is 1. The summed E-state index contributed by atoms with van der Waals surface area (Å²) in [6.07, 6.45) is 3.38. The van der Waals surface area contributed by atoms with Gasteiger partial charge in [0.15, 0.2) is 0 Å². The highest BCUT2D eigenvalue weighted by Gasteiger charge is 2.57. The molecule has 1 atom stereocenters. The number of hydrogen-bond acceptors (Lipinski definition) is 3. The molecule has 2 aliphatic rings. The van der Waals surface area contributed by atoms with Crippen LogP contribution in [0.5, 0.6) is 0 Å². The lowest BCUT2D eigenvalue weighted by molar-refractivity contribution is -0.118. The Morgan fingerprint density at radius 3 is 2.91 bits per heavy atom. The van der Waals surface area contributed by atoms with Crippen LogP contribution in [0, 0.1) is 11.3 Å². The van der Waals surface area contributed by atoms with Crippen LogP contribution in [-0.4, -0.2) is 24.7 Å². The molecule has 1 aliphatic carbocycles. The van der Waals surface area contributed by atoms with Crippen LogP contribution in [0.3, 0.4) is 0 Å². The largest absolute Gasteiger partial charge is 0.326 e. The minimum absolute atomic E-state index is 0. The van der Waals surface area contributed by atoms with Gasteiger partial charge in [0.05, 0.1) is 0 Å². The summed E-state index contributed by atoms with van der Waals surface area (Å²) in [5.41, 5.74) is 2.54. The molecule has 1 spiro atoms. The highest BCUT2D eigenvalue weighted by Crippen LogP contribution is 2.58. The average molecular weight is 341 g/mol. The number of nitrogens with one attached hydrogen (secondary N) is 2. The van der Waals surface area contributed by atoms with E-state index in [0.717, 1.165) is 49.5 Å². The van der Waals surface area contributed by atoms with Crippen molar-refractivity contribution in [3.63, 3.8) is 0 Å². The number of piperidine rings is 1. The Labute approximate surface area is 143 Å². The van der Waals surface area contributed by atoms with E-state index >= 15 is 0 Å². The molecule has 0 bridgehead atoms. The van der Waals surface area contributed by atoms with E-state index < -0.39 is 0 Å². The molecule has 1 saturated heterocycles. The standard InChI is InChI=1S/C17H24N2OS.ClH/c1-2-21-12-13-4-3-5-14(10-13)19-16(20)15-11-17(15)6-8-18-9-7-17;/h3-5,10,15,18H,2,6-9,11-12H2,1H3,(H,19,20);1H. The van der Waals surface area contributed by atoms with Gasteiger partial charge in [0, 0.05) is 17.4 Å². The summed E-state index contributed by atoms with van der Waals surface area (Å²) >= 11 is 1.91. The van der Waals surface area contributed by atoms with Crippen LogP contribution < -0.4 is 10.6 Å². The lowest BCUT2D eigenvalue weighted by Crippen LogP contribution is -2.31. The number of amides is 1. The van der Waals surface area contributed by atoms with Gasteiger partial charge in [0.1, 0.15) is 0 Å². The Bertz CT molecular complexity index is 517. The number of anilines is 1. The van der Waals surface area contributed by atoms with Crippen LogP contribution in [0.4, 0.5) is 5.69 Å². The van der Waals surface area contributed by atoms with Gasteiger partial charge in [-0.15, -0.1) is 12.4 Å². The molecule has 1 aromatic carbocycles. The third-order valence-electron chi connectivity index (χ3n) is 4.77. The monoisotopic (exact) mass is 340 g/mol. The van der Waals surface area contributed by atoms with Crippen LogP contribution in [-0.2, 0) is 10.5 Å². The number of carbonyl (C=O) groups is 1. The predicted molar refractivity (Wildman–Crippen MR) is 96.8 cm³/mol. The van der Waals surface area contributed by atoms with Crippen molar-refractivity contribution in [1.82, 2.24) is 5.32 Å². The van der Waals surface area contributed by atoms with Crippen LogP contribution in [0.15, 0.2) is 24.3 Å². The molecule has 22 heavy (non-hydrogen) atoms. The molecule has 1 saturated carbocycles. The van der Waals surface area contributed by atoms with Gasteiger partial charge in [-0.3, -0.25) is 4.79 Å². The van der Waals surface area contributed by atoms with Gasteiger partial charge in [-0.25, -0.2) is 0 Å². The van der Waals surface area contributed by atoms with E-state index in [9.17, 15) is 4.79 Å². The fraction of sp³-hybridized carbons (Fsp3) is 0.588. The molecule has 1 unspecified atom stereocenters. The molecular formula is C17H25ClN2OS. The first-order valence-electron chi connectivity index (χ1n) is 7.92. The van der Waals surface area contributed by atoms with Gasteiger partial charge in [-0.1, -0.05) is 19.1 Å². The van der Waals surface area contributed by atoms with Gasteiger partial charge in [0.25, 0.3) is 0 Å². The molecule has 2 N–H and O–H groups in total. The third-order valence-corrected chi connectivity index (χ3v) is 5.72. The summed E-state index contributed by atoms with van der Waals surface area (Å²) in [6, 6.07) is 8.27. The van der Waals surface area contributed by atoms with Crippen molar-refractivity contribution < 1.29 is 4.79 Å². The molecule has 0 radical (unpaired) electrons. The maximum absolute atomic E-state index is 12.4. The molecule has 2 fully saturated rings. The lowest BCUT2D eigenvalue weighted by atomic mass is 9.92. The molecule has 0 aromatic heterocycles. The fourth-order valence-corrected chi connectivity index (χ4v) is 4.00.